The zero-order valence-corrected chi connectivity index (χ0v) is 8.06. The molecule has 2 heterocycles. The van der Waals surface area contributed by atoms with Crippen molar-refractivity contribution in [3.63, 3.8) is 0 Å². The average Bonchev–Trinajstić information content (AvgIpc) is 2.43. The molecule has 62 valence electrons. The van der Waals surface area contributed by atoms with Crippen molar-refractivity contribution in [2.75, 3.05) is 0 Å². The maximum Gasteiger partial charge on any atom is 0.122 e. The third-order valence-electron chi connectivity index (χ3n) is 2.21. The van der Waals surface area contributed by atoms with E-state index in [2.05, 4.69) is 36.4 Å². The Hall–Kier alpha value is -0.890. The summed E-state index contributed by atoms with van der Waals surface area (Å²) in [5.74, 6) is 0.518. The molecule has 1 aliphatic heterocycles. The molecule has 0 N–H and O–H groups in total. The predicted molar refractivity (Wildman–Crippen MR) is 52.5 cm³/mol. The van der Waals surface area contributed by atoms with Crippen LogP contribution < -0.4 is 9.89 Å². The normalized spacial score (nSPS) is 21.5. The molecular formula is C10H11NS. The summed E-state index contributed by atoms with van der Waals surface area (Å²) < 4.78 is 1.14. The van der Waals surface area contributed by atoms with Crippen molar-refractivity contribution in [3.05, 3.63) is 33.1 Å². The van der Waals surface area contributed by atoms with Crippen LogP contribution in [-0.2, 0) is 0 Å². The fourth-order valence-electron chi connectivity index (χ4n) is 1.22. The molecule has 0 bridgehead atoms. The largest absolute Gasteiger partial charge is 0.245 e. The second-order valence-electron chi connectivity index (χ2n) is 3.14. The SMILES string of the molecule is CC1=CN=c2sccc2=CC1C. The minimum absolute atomic E-state index is 0.518. The zero-order valence-electron chi connectivity index (χ0n) is 7.24. The van der Waals surface area contributed by atoms with E-state index >= 15 is 0 Å². The Bertz CT molecular complexity index is 425. The first kappa shape index (κ1) is 7.74. The summed E-state index contributed by atoms with van der Waals surface area (Å²) >= 11 is 1.70. The van der Waals surface area contributed by atoms with Crippen molar-refractivity contribution in [1.29, 1.82) is 0 Å². The number of hydrogen-bond acceptors (Lipinski definition) is 2. The Morgan fingerprint density at radius 3 is 3.17 bits per heavy atom. The highest BCUT2D eigenvalue weighted by molar-refractivity contribution is 7.07. The van der Waals surface area contributed by atoms with Crippen molar-refractivity contribution < 1.29 is 0 Å². The molecule has 12 heavy (non-hydrogen) atoms. The lowest BCUT2D eigenvalue weighted by molar-refractivity contribution is 0.908. The van der Waals surface area contributed by atoms with Gasteiger partial charge in [0.15, 0.2) is 0 Å². The summed E-state index contributed by atoms with van der Waals surface area (Å²) in [5.41, 5.74) is 1.33. The van der Waals surface area contributed by atoms with Crippen LogP contribution in [0.25, 0.3) is 6.08 Å². The second kappa shape index (κ2) is 2.87. The van der Waals surface area contributed by atoms with Gasteiger partial charge in [0.05, 0.1) is 0 Å². The smallest absolute Gasteiger partial charge is 0.122 e. The van der Waals surface area contributed by atoms with Gasteiger partial charge in [0, 0.05) is 11.4 Å². The van der Waals surface area contributed by atoms with Gasteiger partial charge in [-0.3, -0.25) is 0 Å². The Morgan fingerprint density at radius 1 is 1.50 bits per heavy atom. The minimum Gasteiger partial charge on any atom is -0.245 e. The number of hydrogen-bond donors (Lipinski definition) is 0. The van der Waals surface area contributed by atoms with Gasteiger partial charge in [0.2, 0.25) is 0 Å². The highest BCUT2D eigenvalue weighted by Crippen LogP contribution is 2.11. The molecule has 0 aromatic carbocycles. The molecule has 1 atom stereocenters. The summed E-state index contributed by atoms with van der Waals surface area (Å²) in [5, 5.41) is 3.37. The van der Waals surface area contributed by atoms with Crippen molar-refractivity contribution >= 4 is 17.4 Å². The van der Waals surface area contributed by atoms with Crippen molar-refractivity contribution in [2.45, 2.75) is 13.8 Å². The quantitative estimate of drug-likeness (QED) is 0.572. The van der Waals surface area contributed by atoms with Crippen LogP contribution in [0.5, 0.6) is 0 Å². The molecule has 1 nitrogen and oxygen atoms in total. The highest BCUT2D eigenvalue weighted by Gasteiger charge is 2.02. The molecule has 2 rings (SSSR count). The first-order chi connectivity index (χ1) is 5.77. The molecule has 1 aliphatic rings. The molecule has 0 amide bonds. The van der Waals surface area contributed by atoms with E-state index in [9.17, 15) is 0 Å². The van der Waals surface area contributed by atoms with E-state index in [0.717, 1.165) is 4.67 Å². The van der Waals surface area contributed by atoms with Gasteiger partial charge in [-0.15, -0.1) is 11.3 Å². The molecule has 0 saturated carbocycles. The van der Waals surface area contributed by atoms with E-state index < -0.39 is 0 Å². The van der Waals surface area contributed by atoms with Crippen molar-refractivity contribution in [3.8, 4) is 0 Å². The number of nitrogens with zero attached hydrogens (tertiary/aromatic N) is 1. The predicted octanol–water partition coefficient (Wildman–Crippen LogP) is 1.70. The van der Waals surface area contributed by atoms with Crippen LogP contribution >= 0.6 is 11.3 Å². The maximum atomic E-state index is 4.40. The lowest BCUT2D eigenvalue weighted by atomic mass is 10.0. The molecule has 1 aromatic rings. The van der Waals surface area contributed by atoms with Crippen LogP contribution in [0, 0.1) is 5.92 Å². The standard InChI is InChI=1S/C10H11NS/c1-7-5-9-3-4-12-10(9)11-6-8(7)2/h3-7H,1-2H3. The van der Waals surface area contributed by atoms with E-state index in [4.69, 9.17) is 0 Å². The number of fused-ring (bicyclic) bond motifs is 1. The average molecular weight is 177 g/mol. The van der Waals surface area contributed by atoms with Crippen LogP contribution in [0.4, 0.5) is 0 Å². The Kier molecular flexibility index (Phi) is 1.85. The van der Waals surface area contributed by atoms with Crippen LogP contribution in [0.2, 0.25) is 0 Å². The van der Waals surface area contributed by atoms with Gasteiger partial charge in [0.25, 0.3) is 0 Å². The van der Waals surface area contributed by atoms with Crippen LogP contribution in [0.3, 0.4) is 0 Å². The molecule has 0 spiro atoms. The van der Waals surface area contributed by atoms with Gasteiger partial charge in [-0.25, -0.2) is 4.99 Å². The minimum atomic E-state index is 0.518. The lowest BCUT2D eigenvalue weighted by Crippen LogP contribution is -2.17. The van der Waals surface area contributed by atoms with Gasteiger partial charge >= 0.3 is 0 Å². The molecule has 2 heteroatoms. The monoisotopic (exact) mass is 177 g/mol. The first-order valence-electron chi connectivity index (χ1n) is 4.07. The number of rotatable bonds is 0. The molecule has 0 saturated heterocycles. The molecule has 0 fully saturated rings. The van der Waals surface area contributed by atoms with Gasteiger partial charge in [-0.1, -0.05) is 13.0 Å². The zero-order chi connectivity index (χ0) is 8.55. The summed E-state index contributed by atoms with van der Waals surface area (Å²) in [7, 11) is 0. The van der Waals surface area contributed by atoms with Gasteiger partial charge in [0.1, 0.15) is 4.67 Å². The van der Waals surface area contributed by atoms with Crippen LogP contribution in [0.15, 0.2) is 28.2 Å². The Morgan fingerprint density at radius 2 is 2.33 bits per heavy atom. The fraction of sp³-hybridized carbons (Fsp3) is 0.300. The van der Waals surface area contributed by atoms with E-state index in [1.807, 2.05) is 6.20 Å². The van der Waals surface area contributed by atoms with Gasteiger partial charge in [-0.05, 0) is 29.9 Å². The molecule has 1 unspecified atom stereocenters. The molecule has 1 aromatic heterocycles. The van der Waals surface area contributed by atoms with Crippen LogP contribution in [0.1, 0.15) is 13.8 Å². The Labute approximate surface area is 75.8 Å². The summed E-state index contributed by atoms with van der Waals surface area (Å²) in [6.45, 7) is 4.33. The van der Waals surface area contributed by atoms with Gasteiger partial charge < -0.3 is 0 Å². The van der Waals surface area contributed by atoms with Crippen LogP contribution in [-0.4, -0.2) is 0 Å². The molecule has 0 radical (unpaired) electrons. The lowest BCUT2D eigenvalue weighted by Gasteiger charge is -2.01. The number of allylic oxidation sites excluding steroid dienone is 1. The highest BCUT2D eigenvalue weighted by atomic mass is 32.1. The third-order valence-corrected chi connectivity index (χ3v) is 3.04. The van der Waals surface area contributed by atoms with E-state index in [-0.39, 0.29) is 0 Å². The third kappa shape index (κ3) is 1.23. The maximum absolute atomic E-state index is 4.40. The molecular weight excluding hydrogens is 166 g/mol. The Balaban J connectivity index is 2.71. The van der Waals surface area contributed by atoms with Gasteiger partial charge in [-0.2, -0.15) is 0 Å². The topological polar surface area (TPSA) is 12.4 Å². The first-order valence-corrected chi connectivity index (χ1v) is 4.95. The fourth-order valence-corrected chi connectivity index (χ4v) is 1.95. The van der Waals surface area contributed by atoms with E-state index in [1.54, 1.807) is 11.3 Å². The summed E-state index contributed by atoms with van der Waals surface area (Å²) in [6.07, 6.45) is 4.25. The summed E-state index contributed by atoms with van der Waals surface area (Å²) in [4.78, 5) is 4.40. The second-order valence-corrected chi connectivity index (χ2v) is 4.03. The van der Waals surface area contributed by atoms with E-state index in [1.165, 1.54) is 10.8 Å². The van der Waals surface area contributed by atoms with E-state index in [0.29, 0.717) is 5.92 Å². The molecule has 0 aliphatic carbocycles. The summed E-state index contributed by atoms with van der Waals surface area (Å²) in [6, 6.07) is 2.13. The van der Waals surface area contributed by atoms with Crippen molar-refractivity contribution in [2.24, 2.45) is 10.9 Å². The number of thiophene rings is 1. The van der Waals surface area contributed by atoms with Crippen molar-refractivity contribution in [1.82, 2.24) is 0 Å².